The smallest absolute Gasteiger partial charge is 0.396 e. The molecule has 3 aromatic carbocycles. The number of amides is 1. The highest BCUT2D eigenvalue weighted by Gasteiger charge is 2.34. The second kappa shape index (κ2) is 7.45. The number of carbonyl (C=O) groups excluding carboxylic acids is 1. The Morgan fingerprint density at radius 1 is 0.903 bits per heavy atom. The van der Waals surface area contributed by atoms with Crippen molar-refractivity contribution in [3.05, 3.63) is 93.5 Å². The van der Waals surface area contributed by atoms with Gasteiger partial charge in [-0.2, -0.15) is 12.7 Å². The van der Waals surface area contributed by atoms with Gasteiger partial charge in [0.05, 0.1) is 10.4 Å². The Bertz CT molecular complexity index is 1580. The Balaban J connectivity index is 1.86. The van der Waals surface area contributed by atoms with Crippen LogP contribution in [0.4, 0.5) is 5.69 Å². The molecule has 0 aliphatic carbocycles. The van der Waals surface area contributed by atoms with Gasteiger partial charge >= 0.3 is 4.94 Å². The minimum Gasteiger partial charge on any atom is -0.413 e. The Labute approximate surface area is 184 Å². The Kier molecular flexibility index (Phi) is 4.73. The Hall–Kier alpha value is -3.27. The summed E-state index contributed by atoms with van der Waals surface area (Å²) in [5.41, 5.74) is 0.768. The van der Waals surface area contributed by atoms with Crippen LogP contribution in [0.1, 0.15) is 10.4 Å². The normalized spacial score (nSPS) is 11.7. The minimum atomic E-state index is -4.21. The fraction of sp³-hybridized carbons (Fsp3) is 0. The van der Waals surface area contributed by atoms with E-state index in [2.05, 4.69) is 0 Å². The van der Waals surface area contributed by atoms with E-state index in [0.29, 0.717) is 21.1 Å². The van der Waals surface area contributed by atoms with Crippen LogP contribution in [0.15, 0.2) is 91.6 Å². The van der Waals surface area contributed by atoms with Crippen LogP contribution in [-0.4, -0.2) is 14.3 Å². The van der Waals surface area contributed by atoms with Crippen molar-refractivity contribution < 1.29 is 17.6 Å². The van der Waals surface area contributed by atoms with E-state index in [1.165, 1.54) is 12.1 Å². The number of thiophene rings is 1. The van der Waals surface area contributed by atoms with Crippen LogP contribution < -0.4 is 9.24 Å². The summed E-state index contributed by atoms with van der Waals surface area (Å²) in [7, 11) is -4.21. The van der Waals surface area contributed by atoms with Crippen LogP contribution >= 0.6 is 22.7 Å². The fourth-order valence-electron chi connectivity index (χ4n) is 3.39. The van der Waals surface area contributed by atoms with Crippen LogP contribution in [-0.2, 0) is 10.0 Å². The Morgan fingerprint density at radius 2 is 1.61 bits per heavy atom. The summed E-state index contributed by atoms with van der Waals surface area (Å²) in [6.07, 6.45) is 0. The molecule has 0 saturated heterocycles. The maximum Gasteiger partial charge on any atom is 0.396 e. The highest BCUT2D eigenvalue weighted by atomic mass is 32.2. The molecule has 0 spiro atoms. The van der Waals surface area contributed by atoms with E-state index < -0.39 is 20.9 Å². The molecular weight excluding hydrogens is 454 g/mol. The average Bonchev–Trinajstić information content (AvgIpc) is 3.44. The van der Waals surface area contributed by atoms with Gasteiger partial charge in [0, 0.05) is 16.3 Å². The summed E-state index contributed by atoms with van der Waals surface area (Å²) in [5.74, 6) is -0.686. The van der Waals surface area contributed by atoms with Crippen LogP contribution in [0.5, 0.6) is 0 Å². The van der Waals surface area contributed by atoms with Crippen molar-refractivity contribution >= 4 is 65.3 Å². The number of rotatable bonds is 4. The molecule has 0 aliphatic rings. The number of nitrogens with zero attached hydrogens (tertiary/aromatic N) is 1. The summed E-state index contributed by atoms with van der Waals surface area (Å²) in [6.45, 7) is 0. The molecule has 9 heteroatoms. The van der Waals surface area contributed by atoms with Crippen molar-refractivity contribution in [2.45, 2.75) is 4.21 Å². The first-order chi connectivity index (χ1) is 15.0. The van der Waals surface area contributed by atoms with E-state index in [9.17, 15) is 18.0 Å². The van der Waals surface area contributed by atoms with Gasteiger partial charge in [0.25, 0.3) is 15.9 Å². The van der Waals surface area contributed by atoms with Crippen LogP contribution in [0.3, 0.4) is 0 Å². The van der Waals surface area contributed by atoms with E-state index in [1.807, 2.05) is 0 Å². The molecule has 2 aromatic heterocycles. The summed E-state index contributed by atoms with van der Waals surface area (Å²) < 4.78 is 33.9. The highest BCUT2D eigenvalue weighted by molar-refractivity contribution is 7.95. The van der Waals surface area contributed by atoms with Gasteiger partial charge in [0.1, 0.15) is 4.21 Å². The number of sulfonamides is 1. The van der Waals surface area contributed by atoms with E-state index in [0.717, 1.165) is 27.0 Å². The molecule has 0 atom stereocenters. The number of carbonyl (C=O) groups is 1. The summed E-state index contributed by atoms with van der Waals surface area (Å²) in [6, 6.07) is 19.8. The summed E-state index contributed by atoms with van der Waals surface area (Å²) in [4.78, 5) is 24.9. The Morgan fingerprint density at radius 3 is 2.32 bits per heavy atom. The van der Waals surface area contributed by atoms with Gasteiger partial charge in [-0.05, 0) is 29.6 Å². The molecule has 6 nitrogen and oxygen atoms in total. The van der Waals surface area contributed by atoms with Gasteiger partial charge in [-0.3, -0.25) is 4.79 Å². The molecule has 0 radical (unpaired) electrons. The van der Waals surface area contributed by atoms with E-state index >= 15 is 0 Å². The van der Waals surface area contributed by atoms with Gasteiger partial charge in [-0.15, -0.1) is 11.3 Å². The lowest BCUT2D eigenvalue weighted by atomic mass is 10.1. The largest absolute Gasteiger partial charge is 0.413 e. The van der Waals surface area contributed by atoms with Gasteiger partial charge in [0.2, 0.25) is 0 Å². The number of hydrogen-bond donors (Lipinski definition) is 0. The standard InChI is InChI=1S/C22H13NO5S3/c24-21(14-7-2-1-3-8-14)23(31(26,27)19-11-6-12-29-19)17-13-18-20(28-22(25)30-18)16-10-5-4-9-15(16)17/h1-13H. The van der Waals surface area contributed by atoms with E-state index in [-0.39, 0.29) is 15.5 Å². The lowest BCUT2D eigenvalue weighted by molar-refractivity contribution is 0.101. The SMILES string of the molecule is O=C(c1ccccc1)N(c1cc2sc(=O)oc2c2ccccc12)S(=O)(=O)c1cccs1. The first-order valence-electron chi connectivity index (χ1n) is 9.10. The molecule has 5 aromatic rings. The molecule has 5 rings (SSSR count). The zero-order valence-electron chi connectivity index (χ0n) is 15.7. The third-order valence-corrected chi connectivity index (χ3v) is 8.57. The second-order valence-corrected chi connectivity index (χ2v) is 10.5. The predicted molar refractivity (Wildman–Crippen MR) is 123 cm³/mol. The molecule has 0 saturated carbocycles. The molecule has 0 bridgehead atoms. The fourth-order valence-corrected chi connectivity index (χ4v) is 6.60. The maximum absolute atomic E-state index is 13.6. The van der Waals surface area contributed by atoms with Crippen molar-refractivity contribution in [1.29, 1.82) is 0 Å². The second-order valence-electron chi connectivity index (χ2n) is 6.60. The molecule has 154 valence electrons. The van der Waals surface area contributed by atoms with Crippen molar-refractivity contribution in [2.75, 3.05) is 4.31 Å². The van der Waals surface area contributed by atoms with Gasteiger partial charge < -0.3 is 4.42 Å². The number of benzene rings is 3. The summed E-state index contributed by atoms with van der Waals surface area (Å²) >= 11 is 1.89. The maximum atomic E-state index is 13.6. The first-order valence-corrected chi connectivity index (χ1v) is 12.2. The number of anilines is 1. The van der Waals surface area contributed by atoms with Crippen molar-refractivity contribution in [1.82, 2.24) is 0 Å². The topological polar surface area (TPSA) is 84.7 Å². The number of fused-ring (bicyclic) bond motifs is 3. The molecule has 1 amide bonds. The zero-order chi connectivity index (χ0) is 21.6. The van der Waals surface area contributed by atoms with Gasteiger partial charge in [-0.25, -0.2) is 4.79 Å². The van der Waals surface area contributed by atoms with E-state index in [1.54, 1.807) is 66.0 Å². The van der Waals surface area contributed by atoms with Crippen LogP contribution in [0, 0.1) is 0 Å². The first kappa shape index (κ1) is 19.7. The molecule has 0 unspecified atom stereocenters. The van der Waals surface area contributed by atoms with Crippen molar-refractivity contribution in [3.8, 4) is 0 Å². The zero-order valence-corrected chi connectivity index (χ0v) is 18.2. The van der Waals surface area contributed by atoms with Gasteiger partial charge in [-0.1, -0.05) is 59.9 Å². The summed E-state index contributed by atoms with van der Waals surface area (Å²) in [5, 5.41) is 2.68. The third-order valence-electron chi connectivity index (χ3n) is 4.73. The lowest BCUT2D eigenvalue weighted by Gasteiger charge is -2.23. The predicted octanol–water partition coefficient (Wildman–Crippen LogP) is 5.10. The molecule has 0 aliphatic heterocycles. The van der Waals surface area contributed by atoms with Crippen molar-refractivity contribution in [3.63, 3.8) is 0 Å². The molecular formula is C22H13NO5S3. The quantitative estimate of drug-likeness (QED) is 0.367. The molecule has 31 heavy (non-hydrogen) atoms. The average molecular weight is 468 g/mol. The molecule has 0 N–H and O–H groups in total. The molecule has 2 heterocycles. The minimum absolute atomic E-state index is 0.0429. The van der Waals surface area contributed by atoms with Gasteiger partial charge in [0.15, 0.2) is 5.58 Å². The highest BCUT2D eigenvalue weighted by Crippen LogP contribution is 2.38. The molecule has 0 fully saturated rings. The van der Waals surface area contributed by atoms with Crippen molar-refractivity contribution in [2.24, 2.45) is 0 Å². The van der Waals surface area contributed by atoms with Crippen LogP contribution in [0.2, 0.25) is 0 Å². The number of hydrogen-bond acceptors (Lipinski definition) is 7. The lowest BCUT2D eigenvalue weighted by Crippen LogP contribution is -2.36. The monoisotopic (exact) mass is 467 g/mol. The van der Waals surface area contributed by atoms with Crippen LogP contribution in [0.25, 0.3) is 21.1 Å². The third kappa shape index (κ3) is 3.27. The van der Waals surface area contributed by atoms with E-state index in [4.69, 9.17) is 4.42 Å².